The summed E-state index contributed by atoms with van der Waals surface area (Å²) in [6.45, 7) is 4.09. The second-order valence-electron chi connectivity index (χ2n) is 3.10. The predicted octanol–water partition coefficient (Wildman–Crippen LogP) is 1.07. The van der Waals surface area contributed by atoms with Gasteiger partial charge in [-0.05, 0) is 18.1 Å². The van der Waals surface area contributed by atoms with Crippen LogP contribution in [-0.4, -0.2) is 5.01 Å². The Bertz CT molecular complexity index is 248. The summed E-state index contributed by atoms with van der Waals surface area (Å²) in [6.07, 6.45) is 7.49. The molecule has 0 aromatic rings. The fourth-order valence-corrected chi connectivity index (χ4v) is 0.997. The van der Waals surface area contributed by atoms with E-state index in [9.17, 15) is 0 Å². The van der Waals surface area contributed by atoms with Crippen LogP contribution < -0.4 is 11.6 Å². The molecule has 0 aromatic heterocycles. The molecule has 1 aliphatic heterocycles. The minimum Gasteiger partial charge on any atom is -0.400 e. The van der Waals surface area contributed by atoms with Gasteiger partial charge < -0.3 is 5.73 Å². The standard InChI is InChI=1S/C9H15N3/c1-7(2)9(10)8-5-3-4-6-12(8)11/h3-7H,10-11H2,1-2H3/b9-8-. The van der Waals surface area contributed by atoms with Crippen molar-refractivity contribution in [3.8, 4) is 0 Å². The average molecular weight is 165 g/mol. The largest absolute Gasteiger partial charge is 0.400 e. The Kier molecular flexibility index (Phi) is 2.55. The molecule has 0 spiro atoms. The van der Waals surface area contributed by atoms with Gasteiger partial charge in [0.25, 0.3) is 0 Å². The topological polar surface area (TPSA) is 55.3 Å². The molecule has 0 aromatic carbocycles. The molecule has 1 aliphatic rings. The van der Waals surface area contributed by atoms with Gasteiger partial charge in [-0.15, -0.1) is 0 Å². The lowest BCUT2D eigenvalue weighted by atomic mass is 10.1. The van der Waals surface area contributed by atoms with E-state index in [2.05, 4.69) is 0 Å². The molecule has 0 aliphatic carbocycles. The van der Waals surface area contributed by atoms with E-state index in [-0.39, 0.29) is 0 Å². The Morgan fingerprint density at radius 1 is 1.42 bits per heavy atom. The Morgan fingerprint density at radius 3 is 2.58 bits per heavy atom. The second kappa shape index (κ2) is 3.45. The summed E-state index contributed by atoms with van der Waals surface area (Å²) in [7, 11) is 0. The molecule has 0 amide bonds. The van der Waals surface area contributed by atoms with E-state index in [1.165, 1.54) is 5.01 Å². The normalized spacial score (nSPS) is 20.5. The van der Waals surface area contributed by atoms with Gasteiger partial charge in [-0.25, -0.2) is 5.84 Å². The molecule has 12 heavy (non-hydrogen) atoms. The second-order valence-corrected chi connectivity index (χ2v) is 3.10. The number of rotatable bonds is 1. The lowest BCUT2D eigenvalue weighted by Crippen LogP contribution is -2.28. The molecule has 0 radical (unpaired) electrons. The van der Waals surface area contributed by atoms with Crippen molar-refractivity contribution in [3.63, 3.8) is 0 Å². The maximum Gasteiger partial charge on any atom is 0.0757 e. The fraction of sp³-hybridized carbons (Fsp3) is 0.333. The predicted molar refractivity (Wildman–Crippen MR) is 50.4 cm³/mol. The molecular formula is C9H15N3. The number of hydrazine groups is 1. The van der Waals surface area contributed by atoms with E-state index >= 15 is 0 Å². The first-order chi connectivity index (χ1) is 5.63. The van der Waals surface area contributed by atoms with Crippen LogP contribution in [-0.2, 0) is 0 Å². The van der Waals surface area contributed by atoms with Gasteiger partial charge in [0.1, 0.15) is 0 Å². The van der Waals surface area contributed by atoms with Gasteiger partial charge in [-0.1, -0.05) is 19.9 Å². The molecule has 0 fully saturated rings. The van der Waals surface area contributed by atoms with Gasteiger partial charge in [-0.3, -0.25) is 5.01 Å². The molecule has 66 valence electrons. The first kappa shape index (κ1) is 8.87. The number of hydrogen-bond donors (Lipinski definition) is 2. The highest BCUT2D eigenvalue weighted by atomic mass is 15.4. The van der Waals surface area contributed by atoms with Gasteiger partial charge in [0, 0.05) is 11.9 Å². The van der Waals surface area contributed by atoms with Crippen molar-refractivity contribution in [1.82, 2.24) is 5.01 Å². The Balaban J connectivity index is 2.94. The number of nitrogens with two attached hydrogens (primary N) is 2. The highest BCUT2D eigenvalue weighted by Gasteiger charge is 2.09. The summed E-state index contributed by atoms with van der Waals surface area (Å²) in [5.41, 5.74) is 7.55. The van der Waals surface area contributed by atoms with Crippen LogP contribution in [0.1, 0.15) is 13.8 Å². The van der Waals surface area contributed by atoms with Gasteiger partial charge >= 0.3 is 0 Å². The van der Waals surface area contributed by atoms with Crippen molar-refractivity contribution in [2.75, 3.05) is 0 Å². The first-order valence-corrected chi connectivity index (χ1v) is 4.01. The first-order valence-electron chi connectivity index (χ1n) is 4.01. The summed E-state index contributed by atoms with van der Waals surface area (Å²) in [5.74, 6) is 6.00. The third-order valence-electron chi connectivity index (χ3n) is 1.81. The molecule has 0 unspecified atom stereocenters. The van der Waals surface area contributed by atoms with Crippen LogP contribution >= 0.6 is 0 Å². The summed E-state index contributed by atoms with van der Waals surface area (Å²) in [5, 5.41) is 1.54. The van der Waals surface area contributed by atoms with Gasteiger partial charge in [0.2, 0.25) is 0 Å². The van der Waals surface area contributed by atoms with Crippen LogP contribution in [0.15, 0.2) is 35.8 Å². The maximum absolute atomic E-state index is 5.85. The Labute approximate surface area is 73.0 Å². The molecule has 3 heteroatoms. The number of hydrogen-bond acceptors (Lipinski definition) is 3. The SMILES string of the molecule is CC(C)/C(N)=C1\C=CC=CN1N. The maximum atomic E-state index is 5.85. The zero-order chi connectivity index (χ0) is 9.14. The Hall–Kier alpha value is -1.22. The molecule has 0 atom stereocenters. The number of allylic oxidation sites excluding steroid dienone is 4. The van der Waals surface area contributed by atoms with Crippen LogP contribution in [0.3, 0.4) is 0 Å². The van der Waals surface area contributed by atoms with Gasteiger partial charge in [-0.2, -0.15) is 0 Å². The zero-order valence-corrected chi connectivity index (χ0v) is 7.49. The van der Waals surface area contributed by atoms with Crippen LogP contribution in [0.5, 0.6) is 0 Å². The van der Waals surface area contributed by atoms with Gasteiger partial charge in [0.15, 0.2) is 0 Å². The third kappa shape index (κ3) is 1.68. The molecule has 0 saturated carbocycles. The smallest absolute Gasteiger partial charge is 0.0757 e. The van der Waals surface area contributed by atoms with Crippen LogP contribution in [0, 0.1) is 5.92 Å². The van der Waals surface area contributed by atoms with Crippen LogP contribution in [0.4, 0.5) is 0 Å². The highest BCUT2D eigenvalue weighted by Crippen LogP contribution is 2.15. The molecule has 3 nitrogen and oxygen atoms in total. The van der Waals surface area contributed by atoms with E-state index < -0.39 is 0 Å². The van der Waals surface area contributed by atoms with E-state index in [0.717, 1.165) is 11.4 Å². The van der Waals surface area contributed by atoms with Crippen molar-refractivity contribution < 1.29 is 0 Å². The van der Waals surface area contributed by atoms with Crippen molar-refractivity contribution in [2.24, 2.45) is 17.5 Å². The summed E-state index contributed by atoms with van der Waals surface area (Å²) in [4.78, 5) is 0. The number of nitrogens with zero attached hydrogens (tertiary/aromatic N) is 1. The van der Waals surface area contributed by atoms with E-state index in [1.807, 2.05) is 32.1 Å². The van der Waals surface area contributed by atoms with Crippen molar-refractivity contribution in [2.45, 2.75) is 13.8 Å². The van der Waals surface area contributed by atoms with E-state index in [4.69, 9.17) is 11.6 Å². The van der Waals surface area contributed by atoms with Crippen LogP contribution in [0.2, 0.25) is 0 Å². The molecule has 0 bridgehead atoms. The Morgan fingerprint density at radius 2 is 2.08 bits per heavy atom. The lowest BCUT2D eigenvalue weighted by molar-refractivity contribution is 0.487. The zero-order valence-electron chi connectivity index (χ0n) is 7.49. The molecule has 0 saturated heterocycles. The highest BCUT2D eigenvalue weighted by molar-refractivity contribution is 5.30. The van der Waals surface area contributed by atoms with Crippen molar-refractivity contribution in [3.05, 3.63) is 35.8 Å². The molecule has 4 N–H and O–H groups in total. The average Bonchev–Trinajstić information content (AvgIpc) is 2.04. The van der Waals surface area contributed by atoms with E-state index in [0.29, 0.717) is 5.92 Å². The quantitative estimate of drug-likeness (QED) is 0.571. The van der Waals surface area contributed by atoms with Crippen molar-refractivity contribution in [1.29, 1.82) is 0 Å². The minimum absolute atomic E-state index is 0.321. The third-order valence-corrected chi connectivity index (χ3v) is 1.81. The molecule has 1 rings (SSSR count). The monoisotopic (exact) mass is 165 g/mol. The summed E-state index contributed by atoms with van der Waals surface area (Å²) < 4.78 is 0. The minimum atomic E-state index is 0.321. The van der Waals surface area contributed by atoms with Crippen molar-refractivity contribution >= 4 is 0 Å². The summed E-state index contributed by atoms with van der Waals surface area (Å²) in [6, 6.07) is 0. The van der Waals surface area contributed by atoms with Crippen LogP contribution in [0.25, 0.3) is 0 Å². The molecule has 1 heterocycles. The fourth-order valence-electron chi connectivity index (χ4n) is 0.997. The molecular weight excluding hydrogens is 150 g/mol. The summed E-state index contributed by atoms with van der Waals surface area (Å²) >= 11 is 0. The lowest BCUT2D eigenvalue weighted by Gasteiger charge is -2.21. The van der Waals surface area contributed by atoms with E-state index in [1.54, 1.807) is 6.20 Å². The van der Waals surface area contributed by atoms with Gasteiger partial charge in [0.05, 0.1) is 5.70 Å².